The van der Waals surface area contributed by atoms with Crippen LogP contribution in [-0.2, 0) is 42.1 Å². The van der Waals surface area contributed by atoms with Gasteiger partial charge in [-0.1, -0.05) is 35.9 Å². The lowest BCUT2D eigenvalue weighted by molar-refractivity contribution is -0.142. The van der Waals surface area contributed by atoms with E-state index < -0.39 is 27.6 Å². The highest BCUT2D eigenvalue weighted by Crippen LogP contribution is 2.26. The van der Waals surface area contributed by atoms with Crippen LogP contribution in [0.15, 0.2) is 59.6 Å². The summed E-state index contributed by atoms with van der Waals surface area (Å²) in [5.41, 5.74) is 2.27. The van der Waals surface area contributed by atoms with E-state index in [0.717, 1.165) is 54.3 Å². The largest absolute Gasteiger partial charge is 0.468 e. The molecule has 3 aromatic rings. The van der Waals surface area contributed by atoms with Gasteiger partial charge in [0.15, 0.2) is 0 Å². The third kappa shape index (κ3) is 9.56. The molecule has 2 N–H and O–H groups in total. The summed E-state index contributed by atoms with van der Waals surface area (Å²) in [5.74, 6) is -0.608. The van der Waals surface area contributed by atoms with Crippen LogP contribution in [0.3, 0.4) is 0 Å². The molecule has 1 aliphatic heterocycles. The molecule has 1 atom stereocenters. The van der Waals surface area contributed by atoms with Crippen molar-refractivity contribution < 1.29 is 32.3 Å². The van der Waals surface area contributed by atoms with Gasteiger partial charge < -0.3 is 24.3 Å². The van der Waals surface area contributed by atoms with Crippen molar-refractivity contribution in [3.8, 4) is 0 Å². The fourth-order valence-electron chi connectivity index (χ4n) is 5.67. The number of aryl methyl sites for hydroxylation is 2. The number of likely N-dealkylation sites (tertiary alicyclic amines) is 1. The smallest absolute Gasteiger partial charge is 0.410 e. The number of rotatable bonds is 12. The number of hydrogen-bond donors (Lipinski definition) is 2. The van der Waals surface area contributed by atoms with Gasteiger partial charge in [0, 0.05) is 43.3 Å². The van der Waals surface area contributed by atoms with Crippen LogP contribution in [0.2, 0.25) is 0 Å². The minimum absolute atomic E-state index is 0.0115. The molecule has 2 heterocycles. The topological polar surface area (TPSA) is 136 Å². The second-order valence-electron chi connectivity index (χ2n) is 12.9. The van der Waals surface area contributed by atoms with Crippen LogP contribution in [0.5, 0.6) is 0 Å². The molecule has 0 aliphatic carbocycles. The minimum Gasteiger partial charge on any atom is -0.468 e. The van der Waals surface area contributed by atoms with E-state index in [1.54, 1.807) is 17.0 Å². The minimum atomic E-state index is -4.02. The number of carbonyl (C=O) groups excluding carboxylic acids is 3. The number of ether oxygens (including phenoxy) is 2. The number of amides is 2. The maximum absolute atomic E-state index is 13.0. The Balaban J connectivity index is 1.32. The van der Waals surface area contributed by atoms with Gasteiger partial charge in [-0.05, 0) is 83.1 Å². The van der Waals surface area contributed by atoms with Gasteiger partial charge in [0.25, 0.3) is 0 Å². The van der Waals surface area contributed by atoms with Crippen molar-refractivity contribution in [2.75, 3.05) is 26.7 Å². The zero-order chi connectivity index (χ0) is 33.5. The Bertz CT molecular complexity index is 1620. The molecule has 1 fully saturated rings. The van der Waals surface area contributed by atoms with Crippen LogP contribution in [0.25, 0.3) is 10.9 Å². The highest BCUT2D eigenvalue weighted by atomic mass is 32.2. The number of sulfonamides is 1. The molecule has 0 unspecified atom stereocenters. The lowest BCUT2D eigenvalue weighted by Crippen LogP contribution is -2.49. The molecule has 1 saturated heterocycles. The number of piperidine rings is 1. The summed E-state index contributed by atoms with van der Waals surface area (Å²) >= 11 is 0. The Morgan fingerprint density at radius 2 is 1.70 bits per heavy atom. The second-order valence-corrected chi connectivity index (χ2v) is 14.6. The number of esters is 1. The maximum Gasteiger partial charge on any atom is 0.410 e. The molecule has 12 heteroatoms. The van der Waals surface area contributed by atoms with E-state index in [4.69, 9.17) is 9.47 Å². The van der Waals surface area contributed by atoms with Gasteiger partial charge in [-0.15, -0.1) is 0 Å². The first-order chi connectivity index (χ1) is 21.8. The van der Waals surface area contributed by atoms with E-state index >= 15 is 0 Å². The fraction of sp³-hybridized carbons (Fsp3) is 0.500. The van der Waals surface area contributed by atoms with Crippen LogP contribution in [0.1, 0.15) is 57.6 Å². The lowest BCUT2D eigenvalue weighted by atomic mass is 9.92. The molecule has 1 aromatic heterocycles. The summed E-state index contributed by atoms with van der Waals surface area (Å²) in [7, 11) is -2.86. The van der Waals surface area contributed by atoms with E-state index in [1.807, 2.05) is 58.2 Å². The van der Waals surface area contributed by atoms with Crippen molar-refractivity contribution >= 4 is 38.9 Å². The summed E-state index contributed by atoms with van der Waals surface area (Å²) in [5, 5.41) is 3.67. The quantitative estimate of drug-likeness (QED) is 0.274. The monoisotopic (exact) mass is 654 g/mol. The molecule has 0 bridgehead atoms. The van der Waals surface area contributed by atoms with Crippen LogP contribution >= 0.6 is 0 Å². The normalized spacial score (nSPS) is 15.0. The zero-order valence-electron chi connectivity index (χ0n) is 27.4. The molecule has 2 amide bonds. The molecule has 0 spiro atoms. The number of para-hydroxylation sites is 1. The van der Waals surface area contributed by atoms with Gasteiger partial charge in [-0.2, -0.15) is 4.72 Å². The standard InChI is InChI=1S/C34H46N4O7S/c1-24-12-14-27(15-13-24)46(42,43)36-29(32(40)44-5)22-35-31(39)21-26-23-38(30-11-7-6-10-28(26)30)18-8-9-25-16-19-37(20-17-25)33(41)45-34(2,3)4/h6-7,10-15,23,25,29,36H,8-9,16-22H2,1-5H3,(H,35,39)/t29-/m0/s1. The first kappa shape index (κ1) is 35.0. The van der Waals surface area contributed by atoms with E-state index in [1.165, 1.54) is 19.2 Å². The average molecular weight is 655 g/mol. The first-order valence-corrected chi connectivity index (χ1v) is 17.2. The molecule has 250 valence electrons. The zero-order valence-corrected chi connectivity index (χ0v) is 28.2. The van der Waals surface area contributed by atoms with Gasteiger partial charge in [0.1, 0.15) is 11.6 Å². The molecule has 2 aromatic carbocycles. The van der Waals surface area contributed by atoms with Gasteiger partial charge in [-0.25, -0.2) is 13.2 Å². The average Bonchev–Trinajstić information content (AvgIpc) is 3.35. The third-order valence-corrected chi connectivity index (χ3v) is 9.61. The maximum atomic E-state index is 13.0. The Morgan fingerprint density at radius 1 is 1.02 bits per heavy atom. The van der Waals surface area contributed by atoms with Crippen LogP contribution in [0.4, 0.5) is 4.79 Å². The number of carbonyl (C=O) groups is 3. The lowest BCUT2D eigenvalue weighted by Gasteiger charge is -2.33. The Kier molecular flexibility index (Phi) is 11.5. The van der Waals surface area contributed by atoms with Gasteiger partial charge in [-0.3, -0.25) is 9.59 Å². The van der Waals surface area contributed by atoms with E-state index in [0.29, 0.717) is 19.0 Å². The van der Waals surface area contributed by atoms with Gasteiger partial charge in [0.2, 0.25) is 15.9 Å². The van der Waals surface area contributed by atoms with Crippen molar-refractivity contribution in [1.29, 1.82) is 0 Å². The van der Waals surface area contributed by atoms with Crippen molar-refractivity contribution in [2.45, 2.75) is 82.9 Å². The number of methoxy groups -OCH3 is 1. The molecular formula is C34H46N4O7S. The van der Waals surface area contributed by atoms with Crippen molar-refractivity contribution in [2.24, 2.45) is 5.92 Å². The molecule has 11 nitrogen and oxygen atoms in total. The number of benzene rings is 2. The molecule has 1 aliphatic rings. The Hall–Kier alpha value is -3.90. The summed E-state index contributed by atoms with van der Waals surface area (Å²) in [6.07, 6.45) is 5.71. The number of hydrogen-bond acceptors (Lipinski definition) is 7. The van der Waals surface area contributed by atoms with Crippen LogP contribution in [0, 0.1) is 12.8 Å². The van der Waals surface area contributed by atoms with Crippen molar-refractivity contribution in [3.63, 3.8) is 0 Å². The van der Waals surface area contributed by atoms with E-state index in [9.17, 15) is 22.8 Å². The highest BCUT2D eigenvalue weighted by molar-refractivity contribution is 7.89. The number of nitrogens with zero attached hydrogens (tertiary/aromatic N) is 2. The van der Waals surface area contributed by atoms with Crippen molar-refractivity contribution in [3.05, 3.63) is 65.9 Å². The number of nitrogens with one attached hydrogen (secondary N) is 2. The van der Waals surface area contributed by atoms with E-state index in [2.05, 4.69) is 14.6 Å². The molecule has 46 heavy (non-hydrogen) atoms. The van der Waals surface area contributed by atoms with E-state index in [-0.39, 0.29) is 29.9 Å². The predicted octanol–water partition coefficient (Wildman–Crippen LogP) is 4.56. The summed E-state index contributed by atoms with van der Waals surface area (Å²) in [6.45, 7) is 9.41. The third-order valence-electron chi connectivity index (χ3n) is 8.12. The molecule has 0 saturated carbocycles. The number of aromatic nitrogens is 1. The molecule has 0 radical (unpaired) electrons. The first-order valence-electron chi connectivity index (χ1n) is 15.7. The molecule has 4 rings (SSSR count). The van der Waals surface area contributed by atoms with Gasteiger partial charge in [0.05, 0.1) is 18.4 Å². The predicted molar refractivity (Wildman–Crippen MR) is 176 cm³/mol. The SMILES string of the molecule is COC(=O)[C@H](CNC(=O)Cc1cn(CCCC2CCN(C(=O)OC(C)(C)C)CC2)c2ccccc12)NS(=O)(=O)c1ccc(C)cc1. The Labute approximate surface area is 271 Å². The van der Waals surface area contributed by atoms with Gasteiger partial charge >= 0.3 is 12.1 Å². The fourth-order valence-corrected chi connectivity index (χ4v) is 6.85. The summed E-state index contributed by atoms with van der Waals surface area (Å²) in [4.78, 5) is 39.6. The summed E-state index contributed by atoms with van der Waals surface area (Å²) < 4.78 is 40.6. The second kappa shape index (κ2) is 15.1. The number of fused-ring (bicyclic) bond motifs is 1. The Morgan fingerprint density at radius 3 is 2.35 bits per heavy atom. The summed E-state index contributed by atoms with van der Waals surface area (Å²) in [6, 6.07) is 12.9. The highest BCUT2D eigenvalue weighted by Gasteiger charge is 2.28. The molecular weight excluding hydrogens is 608 g/mol. The van der Waals surface area contributed by atoms with Crippen molar-refractivity contribution in [1.82, 2.24) is 19.5 Å². The van der Waals surface area contributed by atoms with Crippen LogP contribution in [-0.4, -0.2) is 74.2 Å². The van der Waals surface area contributed by atoms with Crippen LogP contribution < -0.4 is 10.0 Å².